The number of methoxy groups -OCH3 is 2. The molecule has 0 N–H and O–H groups in total. The first-order chi connectivity index (χ1) is 5.27. The molecule has 1 aliphatic heterocycles. The van der Waals surface area contributed by atoms with Gasteiger partial charge in [-0.05, 0) is 6.92 Å². The van der Waals surface area contributed by atoms with Crippen molar-refractivity contribution in [2.45, 2.75) is 6.92 Å². The van der Waals surface area contributed by atoms with Gasteiger partial charge in [0.05, 0.1) is 20.0 Å². The van der Waals surface area contributed by atoms with Gasteiger partial charge in [-0.25, -0.2) is 0 Å². The van der Waals surface area contributed by atoms with Crippen molar-refractivity contribution < 1.29 is 14.2 Å². The standard InChI is InChI=1S/C8H12O3/c1-6-4-7(9-2)8(10-3)5-11-6/h4H,5H2,1-3H3. The predicted molar refractivity (Wildman–Crippen MR) is 40.8 cm³/mol. The van der Waals surface area contributed by atoms with E-state index in [1.54, 1.807) is 14.2 Å². The van der Waals surface area contributed by atoms with Crippen LogP contribution in [-0.4, -0.2) is 20.8 Å². The largest absolute Gasteiger partial charge is 0.494 e. The molecule has 3 heteroatoms. The second-order valence-electron chi connectivity index (χ2n) is 2.24. The first kappa shape index (κ1) is 7.98. The summed E-state index contributed by atoms with van der Waals surface area (Å²) in [5.74, 6) is 2.33. The van der Waals surface area contributed by atoms with Gasteiger partial charge in [0, 0.05) is 6.08 Å². The second kappa shape index (κ2) is 3.32. The molecule has 3 nitrogen and oxygen atoms in total. The zero-order valence-corrected chi connectivity index (χ0v) is 7.01. The average Bonchev–Trinajstić information content (AvgIpc) is 2.04. The lowest BCUT2D eigenvalue weighted by atomic mass is 10.3. The molecular weight excluding hydrogens is 144 g/mol. The lowest BCUT2D eigenvalue weighted by Gasteiger charge is -2.17. The molecule has 0 fully saturated rings. The summed E-state index contributed by atoms with van der Waals surface area (Å²) in [6, 6.07) is 0. The maximum atomic E-state index is 5.21. The molecule has 0 aliphatic carbocycles. The van der Waals surface area contributed by atoms with Gasteiger partial charge in [0.2, 0.25) is 0 Å². The van der Waals surface area contributed by atoms with Crippen LogP contribution in [0.5, 0.6) is 0 Å². The number of allylic oxidation sites excluding steroid dienone is 2. The fourth-order valence-corrected chi connectivity index (χ4v) is 0.890. The van der Waals surface area contributed by atoms with Gasteiger partial charge < -0.3 is 14.2 Å². The minimum Gasteiger partial charge on any atom is -0.494 e. The molecule has 0 bridgehead atoms. The lowest BCUT2D eigenvalue weighted by Crippen LogP contribution is -2.08. The van der Waals surface area contributed by atoms with Crippen LogP contribution in [0.1, 0.15) is 6.92 Å². The Morgan fingerprint density at radius 2 is 2.09 bits per heavy atom. The SMILES string of the molecule is COC1=C(OC)COC(C)=C1. The van der Waals surface area contributed by atoms with Crippen LogP contribution in [0.3, 0.4) is 0 Å². The Labute approximate surface area is 66.2 Å². The van der Waals surface area contributed by atoms with Crippen molar-refractivity contribution in [3.63, 3.8) is 0 Å². The normalized spacial score (nSPS) is 17.2. The van der Waals surface area contributed by atoms with E-state index < -0.39 is 0 Å². The van der Waals surface area contributed by atoms with Crippen LogP contribution in [0, 0.1) is 0 Å². The first-order valence-electron chi connectivity index (χ1n) is 3.40. The molecule has 11 heavy (non-hydrogen) atoms. The minimum absolute atomic E-state index is 0.460. The molecule has 0 saturated heterocycles. The molecule has 0 radical (unpaired) electrons. The Kier molecular flexibility index (Phi) is 2.41. The van der Waals surface area contributed by atoms with E-state index in [0.29, 0.717) is 6.61 Å². The molecule has 0 aromatic rings. The number of ether oxygens (including phenoxy) is 3. The Hall–Kier alpha value is -1.12. The van der Waals surface area contributed by atoms with Crippen LogP contribution in [0.4, 0.5) is 0 Å². The Morgan fingerprint density at radius 1 is 1.36 bits per heavy atom. The van der Waals surface area contributed by atoms with Gasteiger partial charge in [-0.3, -0.25) is 0 Å². The van der Waals surface area contributed by atoms with E-state index in [-0.39, 0.29) is 0 Å². The van der Waals surface area contributed by atoms with E-state index in [9.17, 15) is 0 Å². The maximum Gasteiger partial charge on any atom is 0.175 e. The summed E-state index contributed by atoms with van der Waals surface area (Å²) in [5, 5.41) is 0. The maximum absolute atomic E-state index is 5.21. The highest BCUT2D eigenvalue weighted by atomic mass is 16.5. The van der Waals surface area contributed by atoms with Crippen LogP contribution >= 0.6 is 0 Å². The van der Waals surface area contributed by atoms with Gasteiger partial charge in [0.25, 0.3) is 0 Å². The summed E-state index contributed by atoms with van der Waals surface area (Å²) in [6.07, 6.45) is 1.81. The smallest absolute Gasteiger partial charge is 0.175 e. The molecule has 0 spiro atoms. The van der Waals surface area contributed by atoms with Crippen molar-refractivity contribution in [3.05, 3.63) is 23.4 Å². The lowest BCUT2D eigenvalue weighted by molar-refractivity contribution is 0.135. The zero-order valence-electron chi connectivity index (χ0n) is 7.01. The first-order valence-corrected chi connectivity index (χ1v) is 3.40. The van der Waals surface area contributed by atoms with Crippen LogP contribution in [0.25, 0.3) is 0 Å². The van der Waals surface area contributed by atoms with Crippen molar-refractivity contribution in [1.82, 2.24) is 0 Å². The topological polar surface area (TPSA) is 27.7 Å². The van der Waals surface area contributed by atoms with Crippen molar-refractivity contribution in [2.24, 2.45) is 0 Å². The number of hydrogen-bond acceptors (Lipinski definition) is 3. The summed E-state index contributed by atoms with van der Waals surface area (Å²) >= 11 is 0. The molecule has 0 unspecified atom stereocenters. The molecule has 0 aromatic heterocycles. The molecule has 1 aliphatic rings. The van der Waals surface area contributed by atoms with Gasteiger partial charge >= 0.3 is 0 Å². The van der Waals surface area contributed by atoms with Gasteiger partial charge in [-0.15, -0.1) is 0 Å². The quantitative estimate of drug-likeness (QED) is 0.605. The summed E-state index contributed by atoms with van der Waals surface area (Å²) in [5.41, 5.74) is 0. The number of hydrogen-bond donors (Lipinski definition) is 0. The van der Waals surface area contributed by atoms with E-state index in [4.69, 9.17) is 14.2 Å². The molecule has 1 rings (SSSR count). The third-order valence-electron chi connectivity index (χ3n) is 1.51. The number of rotatable bonds is 2. The van der Waals surface area contributed by atoms with Crippen molar-refractivity contribution in [1.29, 1.82) is 0 Å². The van der Waals surface area contributed by atoms with Crippen LogP contribution in [0.2, 0.25) is 0 Å². The van der Waals surface area contributed by atoms with Crippen molar-refractivity contribution in [2.75, 3.05) is 20.8 Å². The second-order valence-corrected chi connectivity index (χ2v) is 2.24. The molecular formula is C8H12O3. The molecule has 0 atom stereocenters. The summed E-state index contributed by atoms with van der Waals surface area (Å²) < 4.78 is 15.3. The summed E-state index contributed by atoms with van der Waals surface area (Å²) in [7, 11) is 3.22. The van der Waals surface area contributed by atoms with Gasteiger partial charge in [-0.1, -0.05) is 0 Å². The van der Waals surface area contributed by atoms with Gasteiger partial charge in [-0.2, -0.15) is 0 Å². The highest BCUT2D eigenvalue weighted by molar-refractivity contribution is 5.21. The van der Waals surface area contributed by atoms with Crippen LogP contribution < -0.4 is 0 Å². The average molecular weight is 156 g/mol. The fourth-order valence-electron chi connectivity index (χ4n) is 0.890. The highest BCUT2D eigenvalue weighted by Crippen LogP contribution is 2.17. The summed E-state index contributed by atoms with van der Waals surface area (Å²) in [6.45, 7) is 2.34. The molecule has 0 aromatic carbocycles. The molecule has 0 saturated carbocycles. The Bertz CT molecular complexity index is 203. The minimum atomic E-state index is 0.460. The van der Waals surface area contributed by atoms with E-state index in [2.05, 4.69) is 0 Å². The van der Waals surface area contributed by atoms with Gasteiger partial charge in [0.1, 0.15) is 6.61 Å². The highest BCUT2D eigenvalue weighted by Gasteiger charge is 2.12. The van der Waals surface area contributed by atoms with Gasteiger partial charge in [0.15, 0.2) is 11.5 Å². The third-order valence-corrected chi connectivity index (χ3v) is 1.51. The third kappa shape index (κ3) is 1.67. The summed E-state index contributed by atoms with van der Waals surface area (Å²) in [4.78, 5) is 0. The molecule has 62 valence electrons. The Balaban J connectivity index is 2.83. The predicted octanol–water partition coefficient (Wildman–Crippen LogP) is 1.42. The van der Waals surface area contributed by atoms with E-state index in [0.717, 1.165) is 17.3 Å². The van der Waals surface area contributed by atoms with Crippen molar-refractivity contribution in [3.8, 4) is 0 Å². The zero-order chi connectivity index (χ0) is 8.27. The van der Waals surface area contributed by atoms with Crippen LogP contribution in [-0.2, 0) is 14.2 Å². The van der Waals surface area contributed by atoms with E-state index >= 15 is 0 Å². The van der Waals surface area contributed by atoms with Crippen molar-refractivity contribution >= 4 is 0 Å². The van der Waals surface area contributed by atoms with E-state index in [1.807, 2.05) is 13.0 Å². The Morgan fingerprint density at radius 3 is 2.64 bits per heavy atom. The fraction of sp³-hybridized carbons (Fsp3) is 0.500. The molecule has 0 amide bonds. The molecule has 1 heterocycles. The van der Waals surface area contributed by atoms with Crippen LogP contribution in [0.15, 0.2) is 23.4 Å². The van der Waals surface area contributed by atoms with E-state index in [1.165, 1.54) is 0 Å². The monoisotopic (exact) mass is 156 g/mol.